The maximum atomic E-state index is 5.77. The summed E-state index contributed by atoms with van der Waals surface area (Å²) in [6, 6.07) is 7.53. The molecular formula is C18H15N5O2. The fourth-order valence-corrected chi connectivity index (χ4v) is 2.78. The van der Waals surface area contributed by atoms with Gasteiger partial charge in [-0.3, -0.25) is 0 Å². The van der Waals surface area contributed by atoms with Crippen LogP contribution in [0.25, 0.3) is 33.5 Å². The maximum Gasteiger partial charge on any atom is 0.220 e. The second-order valence-corrected chi connectivity index (χ2v) is 5.50. The number of nitrogens with zero attached hydrogens (tertiary/aromatic N) is 4. The van der Waals surface area contributed by atoms with Crippen LogP contribution in [-0.4, -0.2) is 27.0 Å². The molecule has 3 heterocycles. The molecule has 4 rings (SSSR count). The van der Waals surface area contributed by atoms with Crippen molar-refractivity contribution in [1.82, 2.24) is 19.9 Å². The molecule has 0 atom stereocenters. The number of hydrogen-bond acceptors (Lipinski definition) is 7. The van der Waals surface area contributed by atoms with E-state index in [2.05, 4.69) is 19.9 Å². The highest BCUT2D eigenvalue weighted by atomic mass is 16.5. The van der Waals surface area contributed by atoms with Gasteiger partial charge in [0.2, 0.25) is 5.95 Å². The van der Waals surface area contributed by atoms with E-state index in [0.717, 1.165) is 27.7 Å². The largest absolute Gasteiger partial charge is 0.494 e. The van der Waals surface area contributed by atoms with Gasteiger partial charge >= 0.3 is 0 Å². The lowest BCUT2D eigenvalue weighted by molar-refractivity contribution is 0.419. The number of fused-ring (bicyclic) bond motifs is 1. The normalized spacial score (nSPS) is 11.0. The third-order valence-electron chi connectivity index (χ3n) is 4.00. The van der Waals surface area contributed by atoms with E-state index < -0.39 is 0 Å². The Morgan fingerprint density at radius 1 is 1.16 bits per heavy atom. The topological polar surface area (TPSA) is 100.0 Å². The minimum Gasteiger partial charge on any atom is -0.494 e. The molecule has 0 fully saturated rings. The van der Waals surface area contributed by atoms with Gasteiger partial charge in [0.25, 0.3) is 0 Å². The molecule has 0 radical (unpaired) electrons. The zero-order chi connectivity index (χ0) is 17.4. The molecule has 1 aromatic carbocycles. The van der Waals surface area contributed by atoms with Crippen LogP contribution >= 0.6 is 0 Å². The van der Waals surface area contributed by atoms with Gasteiger partial charge in [0, 0.05) is 22.8 Å². The van der Waals surface area contributed by atoms with Crippen LogP contribution in [0.2, 0.25) is 0 Å². The number of hydrogen-bond donors (Lipinski definition) is 1. The van der Waals surface area contributed by atoms with Crippen LogP contribution < -0.4 is 10.5 Å². The van der Waals surface area contributed by atoms with Crippen LogP contribution in [0.15, 0.2) is 47.5 Å². The van der Waals surface area contributed by atoms with Gasteiger partial charge in [0.1, 0.15) is 23.3 Å². The van der Waals surface area contributed by atoms with Crippen LogP contribution in [0.5, 0.6) is 5.75 Å². The summed E-state index contributed by atoms with van der Waals surface area (Å²) in [6.45, 7) is 1.93. The molecule has 0 amide bonds. The molecule has 0 unspecified atom stereocenters. The van der Waals surface area contributed by atoms with Gasteiger partial charge in [-0.25, -0.2) is 19.9 Å². The van der Waals surface area contributed by atoms with Crippen LogP contribution in [-0.2, 0) is 0 Å². The smallest absolute Gasteiger partial charge is 0.220 e. The highest BCUT2D eigenvalue weighted by Gasteiger charge is 2.16. The van der Waals surface area contributed by atoms with Crippen molar-refractivity contribution >= 4 is 16.9 Å². The highest BCUT2D eigenvalue weighted by molar-refractivity contribution is 5.93. The van der Waals surface area contributed by atoms with Crippen molar-refractivity contribution in [2.75, 3.05) is 12.8 Å². The number of benzene rings is 1. The maximum absolute atomic E-state index is 5.77. The Kier molecular flexibility index (Phi) is 3.53. The Balaban J connectivity index is 2.01. The van der Waals surface area contributed by atoms with Crippen LogP contribution in [0.3, 0.4) is 0 Å². The molecule has 0 saturated carbocycles. The van der Waals surface area contributed by atoms with E-state index in [9.17, 15) is 0 Å². The van der Waals surface area contributed by atoms with Gasteiger partial charge in [0.15, 0.2) is 5.76 Å². The predicted octanol–water partition coefficient (Wildman–Crippen LogP) is 3.25. The fourth-order valence-electron chi connectivity index (χ4n) is 2.78. The second-order valence-electron chi connectivity index (χ2n) is 5.50. The molecule has 25 heavy (non-hydrogen) atoms. The lowest BCUT2D eigenvalue weighted by Crippen LogP contribution is -1.99. The molecule has 7 heteroatoms. The fraction of sp³-hybridized carbons (Fsp3) is 0.111. The monoisotopic (exact) mass is 333 g/mol. The zero-order valence-electron chi connectivity index (χ0n) is 13.7. The second kappa shape index (κ2) is 5.86. The third-order valence-corrected chi connectivity index (χ3v) is 4.00. The first-order valence-corrected chi connectivity index (χ1v) is 7.63. The summed E-state index contributed by atoms with van der Waals surface area (Å²) < 4.78 is 11.0. The van der Waals surface area contributed by atoms with Crippen molar-refractivity contribution in [3.63, 3.8) is 0 Å². The van der Waals surface area contributed by atoms with Crippen molar-refractivity contribution < 1.29 is 9.15 Å². The number of furan rings is 1. The summed E-state index contributed by atoms with van der Waals surface area (Å²) in [7, 11) is 1.61. The number of nitrogen functional groups attached to an aromatic ring is 1. The van der Waals surface area contributed by atoms with Crippen molar-refractivity contribution in [2.24, 2.45) is 0 Å². The standard InChI is InChI=1S/C18H15N5O2/c1-10-12-6-11(7-15(24-2)16(12)22-9-21-10)13-8-20-18(19)23-17(13)14-4-3-5-25-14/h3-9H,1-2H3,(H2,19,20,23). The van der Waals surface area contributed by atoms with Crippen molar-refractivity contribution in [3.8, 4) is 28.3 Å². The van der Waals surface area contributed by atoms with Crippen LogP contribution in [0.4, 0.5) is 5.95 Å². The average Bonchev–Trinajstić information content (AvgIpc) is 3.16. The lowest BCUT2D eigenvalue weighted by Gasteiger charge is -2.12. The summed E-state index contributed by atoms with van der Waals surface area (Å²) >= 11 is 0. The summed E-state index contributed by atoms with van der Waals surface area (Å²) in [5, 5.41) is 0.902. The Bertz CT molecular complexity index is 1060. The highest BCUT2D eigenvalue weighted by Crippen LogP contribution is 2.36. The number of aryl methyl sites for hydroxylation is 1. The molecule has 0 bridgehead atoms. The first-order chi connectivity index (χ1) is 12.2. The minimum absolute atomic E-state index is 0.183. The first kappa shape index (κ1) is 15.1. The van der Waals surface area contributed by atoms with Gasteiger partial charge in [-0.2, -0.15) is 0 Å². The van der Waals surface area contributed by atoms with Gasteiger partial charge in [0.05, 0.1) is 13.4 Å². The zero-order valence-corrected chi connectivity index (χ0v) is 13.7. The minimum atomic E-state index is 0.183. The molecule has 3 aromatic heterocycles. The van der Waals surface area contributed by atoms with E-state index in [1.807, 2.05) is 25.1 Å². The number of ether oxygens (including phenoxy) is 1. The van der Waals surface area contributed by atoms with Gasteiger partial charge < -0.3 is 14.9 Å². The van der Waals surface area contributed by atoms with Gasteiger partial charge in [-0.1, -0.05) is 0 Å². The Morgan fingerprint density at radius 2 is 2.04 bits per heavy atom. The van der Waals surface area contributed by atoms with E-state index in [-0.39, 0.29) is 5.95 Å². The average molecular weight is 333 g/mol. The van der Waals surface area contributed by atoms with Crippen LogP contribution in [0, 0.1) is 6.92 Å². The number of anilines is 1. The van der Waals surface area contributed by atoms with E-state index in [0.29, 0.717) is 17.2 Å². The predicted molar refractivity (Wildman–Crippen MR) is 94.0 cm³/mol. The molecule has 0 aliphatic carbocycles. The number of rotatable bonds is 3. The SMILES string of the molecule is COc1cc(-c2cnc(N)nc2-c2ccco2)cc2c(C)ncnc12. The van der Waals surface area contributed by atoms with E-state index >= 15 is 0 Å². The molecule has 124 valence electrons. The number of aromatic nitrogens is 4. The number of nitrogens with two attached hydrogens (primary N) is 1. The van der Waals surface area contributed by atoms with Crippen molar-refractivity contribution in [1.29, 1.82) is 0 Å². The van der Waals surface area contributed by atoms with Crippen molar-refractivity contribution in [2.45, 2.75) is 6.92 Å². The lowest BCUT2D eigenvalue weighted by atomic mass is 10.0. The molecular weight excluding hydrogens is 318 g/mol. The van der Waals surface area contributed by atoms with E-state index in [4.69, 9.17) is 14.9 Å². The molecule has 7 nitrogen and oxygen atoms in total. The molecule has 2 N–H and O–H groups in total. The molecule has 0 saturated heterocycles. The van der Waals surface area contributed by atoms with Crippen molar-refractivity contribution in [3.05, 3.63) is 48.7 Å². The summed E-state index contributed by atoms with van der Waals surface area (Å²) in [5.41, 5.74) is 9.67. The van der Waals surface area contributed by atoms with Gasteiger partial charge in [-0.15, -0.1) is 0 Å². The molecule has 0 aliphatic rings. The van der Waals surface area contributed by atoms with E-state index in [1.165, 1.54) is 6.33 Å². The first-order valence-electron chi connectivity index (χ1n) is 7.63. The third kappa shape index (κ3) is 2.55. The van der Waals surface area contributed by atoms with Gasteiger partial charge in [-0.05, 0) is 36.8 Å². The molecule has 0 spiro atoms. The Hall–Kier alpha value is -3.48. The molecule has 4 aromatic rings. The van der Waals surface area contributed by atoms with Crippen LogP contribution in [0.1, 0.15) is 5.69 Å². The van der Waals surface area contributed by atoms with E-state index in [1.54, 1.807) is 25.6 Å². The summed E-state index contributed by atoms with van der Waals surface area (Å²) in [6.07, 6.45) is 4.80. The Morgan fingerprint density at radius 3 is 2.80 bits per heavy atom. The number of methoxy groups -OCH3 is 1. The Labute approximate surface area is 143 Å². The molecule has 0 aliphatic heterocycles. The quantitative estimate of drug-likeness (QED) is 0.614. The summed E-state index contributed by atoms with van der Waals surface area (Å²) in [5.74, 6) is 1.45. The summed E-state index contributed by atoms with van der Waals surface area (Å²) in [4.78, 5) is 17.1.